The molecule has 5 nitrogen and oxygen atoms in total. The largest absolute Gasteiger partial charge is 0.350 e. The number of imidazole rings is 1. The minimum absolute atomic E-state index is 0.275. The van der Waals surface area contributed by atoms with Crippen molar-refractivity contribution >= 4 is 16.8 Å². The van der Waals surface area contributed by atoms with Crippen LogP contribution in [0.3, 0.4) is 0 Å². The van der Waals surface area contributed by atoms with E-state index in [1.54, 1.807) is 41.4 Å². The summed E-state index contributed by atoms with van der Waals surface area (Å²) in [7, 11) is 3.71. The van der Waals surface area contributed by atoms with Gasteiger partial charge in [0.2, 0.25) is 0 Å². The van der Waals surface area contributed by atoms with Gasteiger partial charge in [-0.05, 0) is 12.1 Å². The number of hydrogen-bond acceptors (Lipinski definition) is 2. The van der Waals surface area contributed by atoms with Crippen LogP contribution in [0.2, 0.25) is 0 Å². The minimum atomic E-state index is -0.697. The third-order valence-corrected chi connectivity index (χ3v) is 4.75. The van der Waals surface area contributed by atoms with Crippen LogP contribution in [-0.2, 0) is 14.1 Å². The predicted molar refractivity (Wildman–Crippen MR) is 102 cm³/mol. The first-order valence-corrected chi connectivity index (χ1v) is 8.63. The number of halogens is 1. The van der Waals surface area contributed by atoms with Crippen molar-refractivity contribution < 1.29 is 9.18 Å². The lowest BCUT2D eigenvalue weighted by molar-refractivity contribution is 0.0942. The van der Waals surface area contributed by atoms with Crippen molar-refractivity contribution in [1.82, 2.24) is 19.4 Å². The molecule has 2 aromatic heterocycles. The van der Waals surface area contributed by atoms with Gasteiger partial charge < -0.3 is 14.5 Å². The number of carbonyl (C=O) groups is 1. The minimum Gasteiger partial charge on any atom is -0.350 e. The van der Waals surface area contributed by atoms with E-state index in [2.05, 4.69) is 10.3 Å². The van der Waals surface area contributed by atoms with Gasteiger partial charge in [-0.25, -0.2) is 9.37 Å². The number of aromatic nitrogens is 3. The van der Waals surface area contributed by atoms with Crippen molar-refractivity contribution in [2.45, 2.75) is 6.04 Å². The zero-order chi connectivity index (χ0) is 19.0. The molecule has 2 aromatic carbocycles. The van der Waals surface area contributed by atoms with Gasteiger partial charge in [0.15, 0.2) is 0 Å². The normalized spacial score (nSPS) is 12.3. The topological polar surface area (TPSA) is 51.9 Å². The molecule has 27 heavy (non-hydrogen) atoms. The van der Waals surface area contributed by atoms with E-state index in [9.17, 15) is 9.18 Å². The monoisotopic (exact) mass is 362 g/mol. The summed E-state index contributed by atoms with van der Waals surface area (Å²) in [5, 5.41) is 3.82. The molecule has 1 atom stereocenters. The average Bonchev–Trinajstić information content (AvgIpc) is 3.24. The Balaban J connectivity index is 1.77. The number of aryl methyl sites for hydroxylation is 2. The number of amides is 1. The fourth-order valence-electron chi connectivity index (χ4n) is 3.38. The van der Waals surface area contributed by atoms with E-state index in [1.807, 2.05) is 42.9 Å². The Kier molecular flexibility index (Phi) is 4.24. The highest BCUT2D eigenvalue weighted by molar-refractivity contribution is 6.07. The zero-order valence-electron chi connectivity index (χ0n) is 15.1. The Labute approximate surface area is 156 Å². The van der Waals surface area contributed by atoms with Crippen molar-refractivity contribution in [3.63, 3.8) is 0 Å². The molecule has 0 aliphatic heterocycles. The molecule has 0 unspecified atom stereocenters. The van der Waals surface area contributed by atoms with Gasteiger partial charge >= 0.3 is 0 Å². The second-order valence-electron chi connectivity index (χ2n) is 6.50. The third kappa shape index (κ3) is 2.99. The van der Waals surface area contributed by atoms with Crippen LogP contribution >= 0.6 is 0 Å². The Morgan fingerprint density at radius 2 is 1.81 bits per heavy atom. The third-order valence-electron chi connectivity index (χ3n) is 4.75. The maximum absolute atomic E-state index is 14.5. The fraction of sp³-hybridized carbons (Fsp3) is 0.143. The summed E-state index contributed by atoms with van der Waals surface area (Å²) in [6.45, 7) is 0. The molecule has 4 rings (SSSR count). The maximum Gasteiger partial charge on any atom is 0.254 e. The summed E-state index contributed by atoms with van der Waals surface area (Å²) in [6, 6.07) is 13.4. The molecule has 0 spiro atoms. The Morgan fingerprint density at radius 1 is 1.07 bits per heavy atom. The molecule has 1 N–H and O–H groups in total. The van der Waals surface area contributed by atoms with E-state index in [1.165, 1.54) is 6.07 Å². The highest BCUT2D eigenvalue weighted by atomic mass is 19.1. The first kappa shape index (κ1) is 17.0. The van der Waals surface area contributed by atoms with E-state index >= 15 is 0 Å². The summed E-state index contributed by atoms with van der Waals surface area (Å²) in [4.78, 5) is 17.4. The molecule has 2 heterocycles. The highest BCUT2D eigenvalue weighted by Crippen LogP contribution is 2.25. The smallest absolute Gasteiger partial charge is 0.254 e. The summed E-state index contributed by atoms with van der Waals surface area (Å²) in [6.07, 6.45) is 5.19. The first-order valence-electron chi connectivity index (χ1n) is 8.63. The van der Waals surface area contributed by atoms with Crippen LogP contribution in [0.25, 0.3) is 10.9 Å². The Bertz CT molecular complexity index is 1130. The fourth-order valence-corrected chi connectivity index (χ4v) is 3.38. The molecule has 1 amide bonds. The van der Waals surface area contributed by atoms with Crippen molar-refractivity contribution in [3.8, 4) is 0 Å². The van der Waals surface area contributed by atoms with E-state index in [-0.39, 0.29) is 11.7 Å². The van der Waals surface area contributed by atoms with Crippen LogP contribution in [-0.4, -0.2) is 20.0 Å². The van der Waals surface area contributed by atoms with Gasteiger partial charge in [0, 0.05) is 49.2 Å². The number of fused-ring (bicyclic) bond motifs is 1. The second kappa shape index (κ2) is 6.72. The molecule has 0 radical (unpaired) electrons. The van der Waals surface area contributed by atoms with E-state index in [0.717, 1.165) is 10.9 Å². The van der Waals surface area contributed by atoms with E-state index < -0.39 is 6.04 Å². The lowest BCUT2D eigenvalue weighted by Gasteiger charge is -2.19. The number of nitrogens with one attached hydrogen (secondary N) is 1. The van der Waals surface area contributed by atoms with E-state index in [0.29, 0.717) is 17.0 Å². The van der Waals surface area contributed by atoms with Gasteiger partial charge in [-0.3, -0.25) is 4.79 Å². The molecule has 0 aliphatic carbocycles. The Hall–Kier alpha value is -3.41. The lowest BCUT2D eigenvalue weighted by Crippen LogP contribution is -2.31. The lowest BCUT2D eigenvalue weighted by atomic mass is 10.0. The van der Waals surface area contributed by atoms with Crippen molar-refractivity contribution in [2.75, 3.05) is 0 Å². The van der Waals surface area contributed by atoms with Gasteiger partial charge in [0.05, 0.1) is 5.56 Å². The zero-order valence-corrected chi connectivity index (χ0v) is 15.1. The number of rotatable bonds is 4. The molecule has 6 heteroatoms. The summed E-state index contributed by atoms with van der Waals surface area (Å²) in [5.41, 5.74) is 1.88. The summed E-state index contributed by atoms with van der Waals surface area (Å²) in [5.74, 6) is -0.0968. The molecule has 0 saturated heterocycles. The van der Waals surface area contributed by atoms with Gasteiger partial charge in [-0.15, -0.1) is 0 Å². The van der Waals surface area contributed by atoms with Crippen LogP contribution < -0.4 is 5.32 Å². The molecule has 0 aliphatic rings. The maximum atomic E-state index is 14.5. The molecule has 4 aromatic rings. The number of nitrogens with zero attached hydrogens (tertiary/aromatic N) is 3. The van der Waals surface area contributed by atoms with Crippen molar-refractivity contribution in [3.05, 3.63) is 89.9 Å². The summed E-state index contributed by atoms with van der Waals surface area (Å²) < 4.78 is 18.2. The predicted octanol–water partition coefficient (Wildman–Crippen LogP) is 3.57. The van der Waals surface area contributed by atoms with Crippen LogP contribution in [0.1, 0.15) is 27.8 Å². The first-order chi connectivity index (χ1) is 13.1. The number of carbonyl (C=O) groups excluding carboxylic acids is 1. The molecule has 0 saturated carbocycles. The van der Waals surface area contributed by atoms with Gasteiger partial charge in [-0.2, -0.15) is 0 Å². The van der Waals surface area contributed by atoms with Gasteiger partial charge in [0.25, 0.3) is 5.91 Å². The van der Waals surface area contributed by atoms with Crippen LogP contribution in [0.5, 0.6) is 0 Å². The van der Waals surface area contributed by atoms with Crippen LogP contribution in [0.4, 0.5) is 4.39 Å². The second-order valence-corrected chi connectivity index (χ2v) is 6.50. The van der Waals surface area contributed by atoms with Gasteiger partial charge in [-0.1, -0.05) is 36.4 Å². The molecule has 0 fully saturated rings. The quantitative estimate of drug-likeness (QED) is 0.603. The van der Waals surface area contributed by atoms with Crippen LogP contribution in [0, 0.1) is 5.82 Å². The molecule has 0 bridgehead atoms. The summed E-state index contributed by atoms with van der Waals surface area (Å²) >= 11 is 0. The van der Waals surface area contributed by atoms with Gasteiger partial charge in [0.1, 0.15) is 17.7 Å². The molecular formula is C21H19FN4O. The van der Waals surface area contributed by atoms with Crippen molar-refractivity contribution in [1.29, 1.82) is 0 Å². The number of hydrogen-bond donors (Lipinski definition) is 1. The SMILES string of the molecule is Cn1ccnc1[C@H](NC(=O)c1cn(C)c2ccccc12)c1ccccc1F. The molecular weight excluding hydrogens is 343 g/mol. The van der Waals surface area contributed by atoms with E-state index in [4.69, 9.17) is 0 Å². The number of benzene rings is 2. The number of para-hydroxylation sites is 1. The average molecular weight is 362 g/mol. The molecule has 136 valence electrons. The Morgan fingerprint density at radius 3 is 2.56 bits per heavy atom. The standard InChI is InChI=1S/C21H19FN4O/c1-25-12-11-23-20(25)19(15-8-3-5-9-17(15)22)24-21(27)16-13-26(2)18-10-6-4-7-14(16)18/h3-13,19H,1-2H3,(H,24,27)/t19-/m1/s1. The highest BCUT2D eigenvalue weighted by Gasteiger charge is 2.25. The van der Waals surface area contributed by atoms with Crippen molar-refractivity contribution in [2.24, 2.45) is 14.1 Å². The van der Waals surface area contributed by atoms with Crippen LogP contribution in [0.15, 0.2) is 67.1 Å².